The lowest BCUT2D eigenvalue weighted by Gasteiger charge is -2.40. The Balaban J connectivity index is 1.69. The number of nitrogens with one attached hydrogen (secondary N) is 1. The highest BCUT2D eigenvalue weighted by molar-refractivity contribution is 5.99. The molecule has 2 aliphatic heterocycles. The Bertz CT molecular complexity index is 1120. The first-order chi connectivity index (χ1) is 14.7. The fourth-order valence-electron chi connectivity index (χ4n) is 4.50. The monoisotopic (exact) mass is 431 g/mol. The number of nitrogens with zero attached hydrogens (tertiary/aromatic N) is 2. The summed E-state index contributed by atoms with van der Waals surface area (Å²) in [5.74, 6) is -3.72. The predicted molar refractivity (Wildman–Crippen MR) is 108 cm³/mol. The summed E-state index contributed by atoms with van der Waals surface area (Å²) in [6.07, 6.45) is 3.67. The number of fused-ring (bicyclic) bond motifs is 4. The minimum atomic E-state index is -0.991. The van der Waals surface area contributed by atoms with Crippen molar-refractivity contribution in [2.24, 2.45) is 0 Å². The summed E-state index contributed by atoms with van der Waals surface area (Å²) in [5, 5.41) is 12.8. The third kappa shape index (κ3) is 3.47. The molecule has 164 valence electrons. The molecule has 1 aromatic heterocycles. The van der Waals surface area contributed by atoms with E-state index in [1.165, 1.54) is 10.8 Å². The van der Waals surface area contributed by atoms with Crippen LogP contribution in [0.3, 0.4) is 0 Å². The molecule has 2 N–H and O–H groups in total. The van der Waals surface area contributed by atoms with Crippen LogP contribution in [0, 0.1) is 18.6 Å². The Morgan fingerprint density at radius 1 is 1.23 bits per heavy atom. The average molecular weight is 431 g/mol. The topological polar surface area (TPSA) is 91.6 Å². The molecule has 0 unspecified atom stereocenters. The van der Waals surface area contributed by atoms with Gasteiger partial charge in [-0.15, -0.1) is 0 Å². The number of amides is 2. The molecule has 1 aromatic carbocycles. The Kier molecular flexibility index (Phi) is 5.28. The number of carbonyl (C=O) groups excluding carboxylic acids is 2. The quantitative estimate of drug-likeness (QED) is 0.782. The van der Waals surface area contributed by atoms with Gasteiger partial charge in [0, 0.05) is 30.9 Å². The van der Waals surface area contributed by atoms with Crippen LogP contribution in [-0.4, -0.2) is 39.0 Å². The van der Waals surface area contributed by atoms with Crippen molar-refractivity contribution >= 4 is 11.8 Å². The van der Waals surface area contributed by atoms with Crippen LogP contribution in [0.5, 0.6) is 5.75 Å². The summed E-state index contributed by atoms with van der Waals surface area (Å²) < 4.78 is 29.6. The second-order valence-electron chi connectivity index (χ2n) is 8.17. The van der Waals surface area contributed by atoms with E-state index in [0.29, 0.717) is 12.1 Å². The first-order valence-corrected chi connectivity index (χ1v) is 10.2. The number of carbonyl (C=O) groups is 2. The van der Waals surface area contributed by atoms with Gasteiger partial charge >= 0.3 is 0 Å². The highest BCUT2D eigenvalue weighted by Gasteiger charge is 2.40. The van der Waals surface area contributed by atoms with Crippen LogP contribution in [0.4, 0.5) is 8.78 Å². The lowest BCUT2D eigenvalue weighted by atomic mass is 9.99. The van der Waals surface area contributed by atoms with Crippen molar-refractivity contribution in [1.82, 2.24) is 14.8 Å². The standard InChI is InChI=1S/C22H23F2N3O4/c1-11-7-15(23)13(16(24)8-11)9-25-21(30)14-10-27-17-5-3-4-6-26(12(17)2)22(31)18(27)20(29)19(14)28/h7-8,10,12,17,29H,3-6,9H2,1-2H3,(H,25,30)/t12-,17-/m0/s1. The number of pyridine rings is 1. The van der Waals surface area contributed by atoms with Crippen LogP contribution in [-0.2, 0) is 6.54 Å². The largest absolute Gasteiger partial charge is 0.503 e. The SMILES string of the molecule is Cc1cc(F)c(CNC(=O)c2cn3c(c(O)c2=O)C(=O)N2CCCC[C@H]3[C@@H]2C)c(F)c1. The van der Waals surface area contributed by atoms with Crippen molar-refractivity contribution in [3.63, 3.8) is 0 Å². The van der Waals surface area contributed by atoms with Gasteiger partial charge in [0.2, 0.25) is 5.43 Å². The van der Waals surface area contributed by atoms with Gasteiger partial charge in [-0.3, -0.25) is 14.4 Å². The van der Waals surface area contributed by atoms with Gasteiger partial charge in [0.15, 0.2) is 11.4 Å². The van der Waals surface area contributed by atoms with Gasteiger partial charge in [0.1, 0.15) is 17.2 Å². The van der Waals surface area contributed by atoms with E-state index in [2.05, 4.69) is 5.32 Å². The summed E-state index contributed by atoms with van der Waals surface area (Å²) in [6, 6.07) is 1.94. The Labute approximate surface area is 177 Å². The molecule has 0 aliphatic carbocycles. The van der Waals surface area contributed by atoms with Crippen LogP contribution in [0.15, 0.2) is 23.1 Å². The van der Waals surface area contributed by atoms with E-state index in [4.69, 9.17) is 0 Å². The molecule has 4 rings (SSSR count). The fourth-order valence-corrected chi connectivity index (χ4v) is 4.50. The highest BCUT2D eigenvalue weighted by atomic mass is 19.1. The zero-order valence-electron chi connectivity index (χ0n) is 17.2. The van der Waals surface area contributed by atoms with Crippen LogP contribution in [0.1, 0.15) is 64.2 Å². The second-order valence-corrected chi connectivity index (χ2v) is 8.17. The number of halogens is 2. The molecule has 0 saturated carbocycles. The maximum absolute atomic E-state index is 14.1. The van der Waals surface area contributed by atoms with Crippen molar-refractivity contribution < 1.29 is 23.5 Å². The molecule has 2 atom stereocenters. The first-order valence-electron chi connectivity index (χ1n) is 10.2. The van der Waals surface area contributed by atoms with Gasteiger partial charge in [0.05, 0.1) is 6.04 Å². The second kappa shape index (κ2) is 7.79. The van der Waals surface area contributed by atoms with E-state index in [-0.39, 0.29) is 28.9 Å². The van der Waals surface area contributed by atoms with Gasteiger partial charge in [-0.2, -0.15) is 0 Å². The third-order valence-electron chi connectivity index (χ3n) is 6.18. The minimum absolute atomic E-state index is 0.123. The lowest BCUT2D eigenvalue weighted by molar-refractivity contribution is 0.0565. The fraction of sp³-hybridized carbons (Fsp3) is 0.409. The maximum atomic E-state index is 14.1. The molecule has 2 aromatic rings. The molecule has 2 bridgehead atoms. The molecule has 0 spiro atoms. The Hall–Kier alpha value is -3.23. The maximum Gasteiger partial charge on any atom is 0.274 e. The van der Waals surface area contributed by atoms with Gasteiger partial charge in [-0.25, -0.2) is 8.78 Å². The highest BCUT2D eigenvalue weighted by Crippen LogP contribution is 2.36. The summed E-state index contributed by atoms with van der Waals surface area (Å²) in [6.45, 7) is 3.52. The third-order valence-corrected chi connectivity index (χ3v) is 6.18. The molecule has 7 nitrogen and oxygen atoms in total. The Morgan fingerprint density at radius 2 is 1.90 bits per heavy atom. The molecule has 1 saturated heterocycles. The average Bonchev–Trinajstić information content (AvgIpc) is 2.85. The normalized spacial score (nSPS) is 20.3. The molecule has 2 aliphatic rings. The minimum Gasteiger partial charge on any atom is -0.503 e. The zero-order chi connectivity index (χ0) is 22.4. The zero-order valence-corrected chi connectivity index (χ0v) is 17.2. The van der Waals surface area contributed by atoms with E-state index < -0.39 is 41.2 Å². The molecule has 2 amide bonds. The number of hydrogen-bond donors (Lipinski definition) is 2. The molecule has 31 heavy (non-hydrogen) atoms. The summed E-state index contributed by atoms with van der Waals surface area (Å²) in [7, 11) is 0. The molecule has 1 fully saturated rings. The lowest BCUT2D eigenvalue weighted by Crippen LogP contribution is -2.49. The van der Waals surface area contributed by atoms with E-state index in [1.807, 2.05) is 6.92 Å². The summed E-state index contributed by atoms with van der Waals surface area (Å²) in [4.78, 5) is 39.9. The van der Waals surface area contributed by atoms with E-state index in [1.54, 1.807) is 11.8 Å². The van der Waals surface area contributed by atoms with Gasteiger partial charge in [-0.05, 0) is 50.8 Å². The number of hydrogen-bond acceptors (Lipinski definition) is 4. The molecule has 9 heteroatoms. The smallest absolute Gasteiger partial charge is 0.274 e. The first kappa shape index (κ1) is 21.0. The summed E-state index contributed by atoms with van der Waals surface area (Å²) in [5.41, 5.74) is -1.42. The van der Waals surface area contributed by atoms with E-state index in [9.17, 15) is 28.3 Å². The predicted octanol–water partition coefficient (Wildman–Crippen LogP) is 2.64. The van der Waals surface area contributed by atoms with Crippen LogP contribution in [0.25, 0.3) is 0 Å². The Morgan fingerprint density at radius 3 is 2.58 bits per heavy atom. The van der Waals surface area contributed by atoms with Gasteiger partial charge < -0.3 is 19.9 Å². The number of aromatic nitrogens is 1. The van der Waals surface area contributed by atoms with Gasteiger partial charge in [-0.1, -0.05) is 0 Å². The van der Waals surface area contributed by atoms with Crippen LogP contribution >= 0.6 is 0 Å². The van der Waals surface area contributed by atoms with E-state index >= 15 is 0 Å². The van der Waals surface area contributed by atoms with Crippen molar-refractivity contribution in [2.75, 3.05) is 6.54 Å². The van der Waals surface area contributed by atoms with E-state index in [0.717, 1.165) is 31.4 Å². The van der Waals surface area contributed by atoms with Crippen molar-refractivity contribution in [1.29, 1.82) is 0 Å². The van der Waals surface area contributed by atoms with Gasteiger partial charge in [0.25, 0.3) is 11.8 Å². The molecule has 0 radical (unpaired) electrons. The molecule has 3 heterocycles. The van der Waals surface area contributed by atoms with Crippen molar-refractivity contribution in [3.05, 3.63) is 62.6 Å². The van der Waals surface area contributed by atoms with Crippen LogP contribution in [0.2, 0.25) is 0 Å². The van der Waals surface area contributed by atoms with Crippen molar-refractivity contribution in [3.8, 4) is 5.75 Å². The number of aromatic hydroxyl groups is 1. The summed E-state index contributed by atoms with van der Waals surface area (Å²) >= 11 is 0. The van der Waals surface area contributed by atoms with Crippen LogP contribution < -0.4 is 10.7 Å². The number of aryl methyl sites for hydroxylation is 1. The molecular weight excluding hydrogens is 408 g/mol. The van der Waals surface area contributed by atoms with Crippen molar-refractivity contribution in [2.45, 2.75) is 51.7 Å². The number of rotatable bonds is 3. The molecular formula is C22H23F2N3O4. The number of benzene rings is 1.